The lowest BCUT2D eigenvalue weighted by Gasteiger charge is -2.28. The average Bonchev–Trinajstić information content (AvgIpc) is 2.37. The van der Waals surface area contributed by atoms with Crippen LogP contribution in [0.3, 0.4) is 0 Å². The molecule has 1 aromatic carbocycles. The maximum Gasteiger partial charge on any atom is 0.338 e. The van der Waals surface area contributed by atoms with Crippen molar-refractivity contribution >= 4 is 23.6 Å². The van der Waals surface area contributed by atoms with E-state index < -0.39 is 23.9 Å². The molecule has 1 aromatic rings. The van der Waals surface area contributed by atoms with Gasteiger partial charge in [-0.2, -0.15) is 0 Å². The second-order valence-corrected chi connectivity index (χ2v) is 4.83. The summed E-state index contributed by atoms with van der Waals surface area (Å²) < 4.78 is 19.0. The van der Waals surface area contributed by atoms with Crippen molar-refractivity contribution in [2.24, 2.45) is 0 Å². The lowest BCUT2D eigenvalue weighted by molar-refractivity contribution is -0.139. The van der Waals surface area contributed by atoms with E-state index in [9.17, 15) is 14.0 Å². The van der Waals surface area contributed by atoms with Crippen LogP contribution in [-0.2, 0) is 9.53 Å². The Morgan fingerprint density at radius 2 is 2.19 bits per heavy atom. The van der Waals surface area contributed by atoms with Gasteiger partial charge in [0, 0.05) is 16.3 Å². The van der Waals surface area contributed by atoms with Crippen molar-refractivity contribution in [3.05, 3.63) is 45.9 Å². The summed E-state index contributed by atoms with van der Waals surface area (Å²) in [4.78, 5) is 23.7. The van der Waals surface area contributed by atoms with Crippen LogP contribution >= 0.6 is 11.6 Å². The molecule has 1 heterocycles. The van der Waals surface area contributed by atoms with E-state index in [0.29, 0.717) is 5.70 Å². The number of carbonyl (C=O) groups excluding carboxylic acids is 2. The number of benzene rings is 1. The van der Waals surface area contributed by atoms with Crippen LogP contribution in [0.2, 0.25) is 5.02 Å². The van der Waals surface area contributed by atoms with Gasteiger partial charge in [0.05, 0.1) is 18.2 Å². The summed E-state index contributed by atoms with van der Waals surface area (Å²) in [7, 11) is 0. The van der Waals surface area contributed by atoms with Gasteiger partial charge in [-0.3, -0.25) is 0 Å². The molecule has 0 aliphatic carbocycles. The minimum absolute atomic E-state index is 0.0384. The number of urea groups is 1. The molecule has 1 aliphatic rings. The smallest absolute Gasteiger partial charge is 0.338 e. The van der Waals surface area contributed by atoms with Crippen molar-refractivity contribution in [2.75, 3.05) is 6.61 Å². The van der Waals surface area contributed by atoms with E-state index in [0.717, 1.165) is 0 Å². The predicted molar refractivity (Wildman–Crippen MR) is 75.2 cm³/mol. The number of hydrogen-bond acceptors (Lipinski definition) is 3. The minimum atomic E-state index is -0.994. The Morgan fingerprint density at radius 1 is 1.48 bits per heavy atom. The number of halogens is 2. The monoisotopic (exact) mass is 312 g/mol. The number of allylic oxidation sites excluding steroid dienone is 1. The Bertz CT molecular complexity index is 610. The molecular formula is C14H14ClFN2O3. The van der Waals surface area contributed by atoms with Gasteiger partial charge in [-0.15, -0.1) is 0 Å². The summed E-state index contributed by atoms with van der Waals surface area (Å²) >= 11 is 6.02. The van der Waals surface area contributed by atoms with Gasteiger partial charge in [0.25, 0.3) is 0 Å². The van der Waals surface area contributed by atoms with Crippen molar-refractivity contribution in [3.8, 4) is 0 Å². The Balaban J connectivity index is 2.55. The van der Waals surface area contributed by atoms with Crippen LogP contribution in [0.5, 0.6) is 0 Å². The first-order valence-corrected chi connectivity index (χ1v) is 6.72. The van der Waals surface area contributed by atoms with Crippen molar-refractivity contribution in [3.63, 3.8) is 0 Å². The molecule has 0 unspecified atom stereocenters. The van der Waals surface area contributed by atoms with Gasteiger partial charge in [-0.25, -0.2) is 14.0 Å². The zero-order chi connectivity index (χ0) is 15.6. The first-order valence-electron chi connectivity index (χ1n) is 6.35. The number of ether oxygens (including phenoxy) is 1. The first kappa shape index (κ1) is 15.3. The summed E-state index contributed by atoms with van der Waals surface area (Å²) in [6.45, 7) is 3.38. The lowest BCUT2D eigenvalue weighted by atomic mass is 9.95. The SMILES string of the molecule is CCOC(=O)C1=C(C)NC(=O)N[C@H]1c1c(F)cccc1Cl. The predicted octanol–water partition coefficient (Wildman–Crippen LogP) is 2.67. The van der Waals surface area contributed by atoms with Crippen LogP contribution in [-0.4, -0.2) is 18.6 Å². The fourth-order valence-corrected chi connectivity index (χ4v) is 2.45. The third kappa shape index (κ3) is 3.00. The molecule has 0 aromatic heterocycles. The van der Waals surface area contributed by atoms with Crippen LogP contribution in [0, 0.1) is 5.82 Å². The van der Waals surface area contributed by atoms with E-state index in [1.807, 2.05) is 0 Å². The highest BCUT2D eigenvalue weighted by Crippen LogP contribution is 2.33. The molecular weight excluding hydrogens is 299 g/mol. The summed E-state index contributed by atoms with van der Waals surface area (Å²) in [6, 6.07) is 2.63. The largest absolute Gasteiger partial charge is 0.463 e. The molecule has 0 bridgehead atoms. The fourth-order valence-electron chi connectivity index (χ4n) is 2.18. The number of esters is 1. The second kappa shape index (κ2) is 6.13. The molecule has 2 rings (SSSR count). The quantitative estimate of drug-likeness (QED) is 0.843. The van der Waals surface area contributed by atoms with Gasteiger partial charge >= 0.3 is 12.0 Å². The normalized spacial score (nSPS) is 18.1. The topological polar surface area (TPSA) is 67.4 Å². The molecule has 2 amide bonds. The molecule has 0 saturated heterocycles. The molecule has 0 fully saturated rings. The zero-order valence-corrected chi connectivity index (χ0v) is 12.3. The van der Waals surface area contributed by atoms with E-state index in [2.05, 4.69) is 10.6 Å². The van der Waals surface area contributed by atoms with Crippen LogP contribution in [0.25, 0.3) is 0 Å². The number of hydrogen-bond donors (Lipinski definition) is 2. The van der Waals surface area contributed by atoms with Crippen molar-refractivity contribution in [2.45, 2.75) is 19.9 Å². The second-order valence-electron chi connectivity index (χ2n) is 4.43. The molecule has 0 radical (unpaired) electrons. The van der Waals surface area contributed by atoms with Gasteiger partial charge in [0.1, 0.15) is 5.82 Å². The Kier molecular flexibility index (Phi) is 4.47. The molecule has 0 spiro atoms. The number of carbonyl (C=O) groups is 2. The molecule has 5 nitrogen and oxygen atoms in total. The molecule has 0 saturated carbocycles. The maximum atomic E-state index is 14.1. The molecule has 1 aliphatic heterocycles. The summed E-state index contributed by atoms with van der Waals surface area (Å²) in [6.07, 6.45) is 0. The summed E-state index contributed by atoms with van der Waals surface area (Å²) in [5, 5.41) is 5.09. The van der Waals surface area contributed by atoms with E-state index in [1.165, 1.54) is 18.2 Å². The highest BCUT2D eigenvalue weighted by molar-refractivity contribution is 6.31. The average molecular weight is 313 g/mol. The summed E-state index contributed by atoms with van der Waals surface area (Å²) in [5.74, 6) is -1.24. The van der Waals surface area contributed by atoms with E-state index >= 15 is 0 Å². The summed E-state index contributed by atoms with van der Waals surface area (Å²) in [5.41, 5.74) is 0.474. The fraction of sp³-hybridized carbons (Fsp3) is 0.286. The lowest BCUT2D eigenvalue weighted by Crippen LogP contribution is -2.45. The van der Waals surface area contributed by atoms with E-state index in [4.69, 9.17) is 16.3 Å². The highest BCUT2D eigenvalue weighted by atomic mass is 35.5. The van der Waals surface area contributed by atoms with Crippen molar-refractivity contribution in [1.82, 2.24) is 10.6 Å². The van der Waals surface area contributed by atoms with Crippen molar-refractivity contribution in [1.29, 1.82) is 0 Å². The maximum absolute atomic E-state index is 14.1. The number of amides is 2. The van der Waals surface area contributed by atoms with Crippen LogP contribution in [0.15, 0.2) is 29.5 Å². The van der Waals surface area contributed by atoms with Gasteiger partial charge in [0.2, 0.25) is 0 Å². The Labute approximate surface area is 126 Å². The molecule has 7 heteroatoms. The number of rotatable bonds is 3. The standard InChI is InChI=1S/C14H14ClFN2O3/c1-3-21-13(19)10-7(2)17-14(20)18-12(10)11-8(15)5-4-6-9(11)16/h4-6,12H,3H2,1-2H3,(H2,17,18,20)/t12-/m1/s1. The number of nitrogens with one attached hydrogen (secondary N) is 2. The van der Waals surface area contributed by atoms with Crippen LogP contribution in [0.4, 0.5) is 9.18 Å². The molecule has 1 atom stereocenters. The first-order chi connectivity index (χ1) is 9.95. The van der Waals surface area contributed by atoms with Gasteiger partial charge in [-0.05, 0) is 26.0 Å². The minimum Gasteiger partial charge on any atom is -0.463 e. The van der Waals surface area contributed by atoms with E-state index in [-0.39, 0.29) is 22.8 Å². The van der Waals surface area contributed by atoms with Gasteiger partial charge in [0.15, 0.2) is 0 Å². The molecule has 112 valence electrons. The van der Waals surface area contributed by atoms with Gasteiger partial charge < -0.3 is 15.4 Å². The third-order valence-corrected chi connectivity index (χ3v) is 3.38. The van der Waals surface area contributed by atoms with Crippen LogP contribution in [0.1, 0.15) is 25.5 Å². The Morgan fingerprint density at radius 3 is 2.81 bits per heavy atom. The van der Waals surface area contributed by atoms with Crippen molar-refractivity contribution < 1.29 is 18.7 Å². The third-order valence-electron chi connectivity index (χ3n) is 3.05. The highest BCUT2D eigenvalue weighted by Gasteiger charge is 2.34. The Hall–Kier alpha value is -2.08. The zero-order valence-electron chi connectivity index (χ0n) is 11.5. The van der Waals surface area contributed by atoms with Gasteiger partial charge in [-0.1, -0.05) is 17.7 Å². The molecule has 2 N–H and O–H groups in total. The van der Waals surface area contributed by atoms with E-state index in [1.54, 1.807) is 13.8 Å². The molecule has 21 heavy (non-hydrogen) atoms. The van der Waals surface area contributed by atoms with Crippen LogP contribution < -0.4 is 10.6 Å².